The van der Waals surface area contributed by atoms with Crippen LogP contribution in [0.2, 0.25) is 0 Å². The molecule has 2 fully saturated rings. The lowest BCUT2D eigenvalue weighted by molar-refractivity contribution is -0.213. The molecule has 1 saturated heterocycles. The van der Waals surface area contributed by atoms with Crippen molar-refractivity contribution in [2.45, 2.75) is 70.5 Å². The SMILES string of the molecule is CC1=CCC(/C=N/NC(=O)CCC2CCCCC23OCCO3)CC1. The number of ether oxygens (including phenoxy) is 2. The molecule has 2 atom stereocenters. The van der Waals surface area contributed by atoms with E-state index in [0.717, 1.165) is 44.9 Å². The molecule has 24 heavy (non-hydrogen) atoms. The average molecular weight is 334 g/mol. The van der Waals surface area contributed by atoms with Crippen molar-refractivity contribution >= 4 is 12.1 Å². The number of amides is 1. The number of carbonyl (C=O) groups is 1. The summed E-state index contributed by atoms with van der Waals surface area (Å²) in [4.78, 5) is 12.1. The van der Waals surface area contributed by atoms with Crippen LogP contribution >= 0.6 is 0 Å². The van der Waals surface area contributed by atoms with Crippen LogP contribution in [0.15, 0.2) is 16.8 Å². The maximum Gasteiger partial charge on any atom is 0.240 e. The van der Waals surface area contributed by atoms with Crippen LogP contribution in [0.3, 0.4) is 0 Å². The van der Waals surface area contributed by atoms with Gasteiger partial charge in [0.05, 0.1) is 13.2 Å². The number of nitrogens with one attached hydrogen (secondary N) is 1. The Balaban J connectivity index is 1.40. The van der Waals surface area contributed by atoms with Crippen molar-refractivity contribution in [3.05, 3.63) is 11.6 Å². The summed E-state index contributed by atoms with van der Waals surface area (Å²) in [7, 11) is 0. The smallest absolute Gasteiger partial charge is 0.240 e. The van der Waals surface area contributed by atoms with Gasteiger partial charge in [-0.15, -0.1) is 0 Å². The minimum atomic E-state index is -0.409. The number of nitrogens with zero attached hydrogens (tertiary/aromatic N) is 1. The van der Waals surface area contributed by atoms with E-state index in [2.05, 4.69) is 23.5 Å². The molecule has 0 aromatic carbocycles. The maximum absolute atomic E-state index is 12.1. The maximum atomic E-state index is 12.1. The van der Waals surface area contributed by atoms with E-state index in [1.165, 1.54) is 12.0 Å². The predicted molar refractivity (Wildman–Crippen MR) is 93.6 cm³/mol. The molecule has 0 aromatic heterocycles. The lowest BCUT2D eigenvalue weighted by atomic mass is 9.80. The Morgan fingerprint density at radius 1 is 1.38 bits per heavy atom. The summed E-state index contributed by atoms with van der Waals surface area (Å²) in [6.07, 6.45) is 13.2. The normalized spacial score (nSPS) is 29.8. The summed E-state index contributed by atoms with van der Waals surface area (Å²) in [5.74, 6) is 0.368. The van der Waals surface area contributed by atoms with Gasteiger partial charge in [-0.3, -0.25) is 4.79 Å². The molecule has 2 unspecified atom stereocenters. The van der Waals surface area contributed by atoms with Crippen LogP contribution < -0.4 is 5.43 Å². The Morgan fingerprint density at radius 2 is 2.21 bits per heavy atom. The Labute approximate surface area is 144 Å². The summed E-state index contributed by atoms with van der Waals surface area (Å²) >= 11 is 0. The summed E-state index contributed by atoms with van der Waals surface area (Å²) in [6.45, 7) is 3.54. The average Bonchev–Trinajstić information content (AvgIpc) is 3.05. The fourth-order valence-corrected chi connectivity index (χ4v) is 4.10. The van der Waals surface area contributed by atoms with Gasteiger partial charge in [0.15, 0.2) is 5.79 Å². The van der Waals surface area contributed by atoms with Crippen LogP contribution in [0.25, 0.3) is 0 Å². The molecule has 0 bridgehead atoms. The molecule has 1 N–H and O–H groups in total. The third-order valence-corrected chi connectivity index (χ3v) is 5.60. The molecular weight excluding hydrogens is 304 g/mol. The van der Waals surface area contributed by atoms with E-state index < -0.39 is 5.79 Å². The van der Waals surface area contributed by atoms with Gasteiger partial charge in [-0.25, -0.2) is 5.43 Å². The number of carbonyl (C=O) groups excluding carboxylic acids is 1. The van der Waals surface area contributed by atoms with Crippen LogP contribution in [0.1, 0.15) is 64.7 Å². The molecule has 1 amide bonds. The van der Waals surface area contributed by atoms with E-state index in [1.54, 1.807) is 0 Å². The Kier molecular flexibility index (Phi) is 6.06. The highest BCUT2D eigenvalue weighted by Crippen LogP contribution is 2.42. The lowest BCUT2D eigenvalue weighted by Crippen LogP contribution is -2.42. The van der Waals surface area contributed by atoms with E-state index in [0.29, 0.717) is 31.5 Å². The molecule has 2 aliphatic carbocycles. The highest BCUT2D eigenvalue weighted by atomic mass is 16.7. The van der Waals surface area contributed by atoms with Crippen molar-refractivity contribution in [2.24, 2.45) is 16.9 Å². The van der Waals surface area contributed by atoms with Crippen LogP contribution in [-0.4, -0.2) is 31.1 Å². The second-order valence-corrected chi connectivity index (χ2v) is 7.39. The first kappa shape index (κ1) is 17.6. The molecule has 3 aliphatic rings. The van der Waals surface area contributed by atoms with Crippen molar-refractivity contribution < 1.29 is 14.3 Å². The molecule has 134 valence electrons. The number of hydrogen-bond acceptors (Lipinski definition) is 4. The van der Waals surface area contributed by atoms with Crippen molar-refractivity contribution in [3.63, 3.8) is 0 Å². The first-order chi connectivity index (χ1) is 11.7. The molecule has 0 aromatic rings. The zero-order chi connectivity index (χ0) is 16.8. The molecule has 3 rings (SSSR count). The van der Waals surface area contributed by atoms with Gasteiger partial charge < -0.3 is 9.47 Å². The summed E-state index contributed by atoms with van der Waals surface area (Å²) < 4.78 is 11.8. The van der Waals surface area contributed by atoms with Gasteiger partial charge in [-0.1, -0.05) is 18.1 Å². The van der Waals surface area contributed by atoms with E-state index in [4.69, 9.17) is 9.47 Å². The van der Waals surface area contributed by atoms with Gasteiger partial charge in [-0.05, 0) is 51.4 Å². The molecule has 0 radical (unpaired) electrons. The Hall–Kier alpha value is -1.20. The van der Waals surface area contributed by atoms with Gasteiger partial charge >= 0.3 is 0 Å². The minimum Gasteiger partial charge on any atom is -0.347 e. The van der Waals surface area contributed by atoms with Crippen LogP contribution in [-0.2, 0) is 14.3 Å². The van der Waals surface area contributed by atoms with E-state index >= 15 is 0 Å². The highest BCUT2D eigenvalue weighted by Gasteiger charge is 2.45. The topological polar surface area (TPSA) is 59.9 Å². The number of hydrogen-bond donors (Lipinski definition) is 1. The third kappa shape index (κ3) is 4.45. The number of hydrazone groups is 1. The molecule has 1 saturated carbocycles. The van der Waals surface area contributed by atoms with Gasteiger partial charge in [0, 0.05) is 25.0 Å². The standard InChI is InChI=1S/C19H30N2O3/c1-15-5-7-16(8-6-15)14-20-21-18(22)10-9-17-4-2-3-11-19(17)23-12-13-24-19/h5,14,16-17H,2-4,6-13H2,1H3,(H,21,22)/b20-14+. The number of allylic oxidation sites excluding steroid dienone is 2. The number of rotatable bonds is 5. The fourth-order valence-electron chi connectivity index (χ4n) is 4.10. The first-order valence-electron chi connectivity index (χ1n) is 9.43. The summed E-state index contributed by atoms with van der Waals surface area (Å²) in [5, 5.41) is 4.16. The van der Waals surface area contributed by atoms with Crippen molar-refractivity contribution in [1.82, 2.24) is 5.43 Å². The Morgan fingerprint density at radius 3 is 2.96 bits per heavy atom. The fraction of sp³-hybridized carbons (Fsp3) is 0.789. The van der Waals surface area contributed by atoms with Crippen LogP contribution in [0.4, 0.5) is 0 Å². The van der Waals surface area contributed by atoms with Gasteiger partial charge in [-0.2, -0.15) is 5.10 Å². The van der Waals surface area contributed by atoms with Crippen molar-refractivity contribution in [2.75, 3.05) is 13.2 Å². The van der Waals surface area contributed by atoms with E-state index in [1.807, 2.05) is 6.21 Å². The first-order valence-corrected chi connectivity index (χ1v) is 9.43. The molecule has 1 aliphatic heterocycles. The minimum absolute atomic E-state index is 0.00694. The molecule has 5 heteroatoms. The van der Waals surface area contributed by atoms with Crippen molar-refractivity contribution in [3.8, 4) is 0 Å². The highest BCUT2D eigenvalue weighted by molar-refractivity contribution is 5.76. The zero-order valence-corrected chi connectivity index (χ0v) is 14.8. The molecular formula is C19H30N2O3. The molecule has 1 heterocycles. The van der Waals surface area contributed by atoms with Crippen molar-refractivity contribution in [1.29, 1.82) is 0 Å². The quantitative estimate of drug-likeness (QED) is 0.475. The monoisotopic (exact) mass is 334 g/mol. The van der Waals surface area contributed by atoms with E-state index in [9.17, 15) is 4.79 Å². The molecule has 1 spiro atoms. The van der Waals surface area contributed by atoms with Gasteiger partial charge in [0.2, 0.25) is 5.91 Å². The lowest BCUT2D eigenvalue weighted by Gasteiger charge is -2.39. The summed E-state index contributed by atoms with van der Waals surface area (Å²) in [6, 6.07) is 0. The van der Waals surface area contributed by atoms with E-state index in [-0.39, 0.29) is 5.91 Å². The van der Waals surface area contributed by atoms with Crippen LogP contribution in [0.5, 0.6) is 0 Å². The predicted octanol–water partition coefficient (Wildman–Crippen LogP) is 3.55. The third-order valence-electron chi connectivity index (χ3n) is 5.60. The zero-order valence-electron chi connectivity index (χ0n) is 14.8. The second kappa shape index (κ2) is 8.26. The molecule has 5 nitrogen and oxygen atoms in total. The van der Waals surface area contributed by atoms with Crippen LogP contribution in [0, 0.1) is 11.8 Å². The van der Waals surface area contributed by atoms with Gasteiger partial charge in [0.1, 0.15) is 0 Å². The largest absolute Gasteiger partial charge is 0.347 e. The Bertz CT molecular complexity index is 495. The van der Waals surface area contributed by atoms with Gasteiger partial charge in [0.25, 0.3) is 0 Å². The second-order valence-electron chi connectivity index (χ2n) is 7.39. The summed E-state index contributed by atoms with van der Waals surface area (Å²) in [5.41, 5.74) is 4.15.